The van der Waals surface area contributed by atoms with Crippen molar-refractivity contribution < 1.29 is 9.68 Å². The number of rotatable bonds is 7. The van der Waals surface area contributed by atoms with Crippen LogP contribution in [0.5, 0.6) is 0 Å². The fourth-order valence-corrected chi connectivity index (χ4v) is 1.96. The van der Waals surface area contributed by atoms with Crippen LogP contribution in [0.4, 0.5) is 0 Å². The maximum atomic E-state index is 9.13. The molecular weight excluding hydrogens is 280 g/mol. The van der Waals surface area contributed by atoms with Gasteiger partial charge in [0.25, 0.3) is 0 Å². The van der Waals surface area contributed by atoms with E-state index in [2.05, 4.69) is 17.1 Å². The first-order valence-corrected chi connectivity index (χ1v) is 7.57. The van der Waals surface area contributed by atoms with E-state index in [9.17, 15) is 0 Å². The predicted molar refractivity (Wildman–Crippen MR) is 85.9 cm³/mol. The molecule has 0 radical (unpaired) electrons. The lowest BCUT2D eigenvalue weighted by molar-refractivity contribution is -0.170. The van der Waals surface area contributed by atoms with Crippen LogP contribution in [0.1, 0.15) is 34.1 Å². The number of hydroxylamine groups is 1. The quantitative estimate of drug-likeness (QED) is 0.427. The smallest absolute Gasteiger partial charge is 0.102 e. The van der Waals surface area contributed by atoms with Gasteiger partial charge in [0, 0.05) is 19.6 Å². The summed E-state index contributed by atoms with van der Waals surface area (Å²) in [5, 5.41) is 11.1. The summed E-state index contributed by atoms with van der Waals surface area (Å²) in [5.41, 5.74) is 8.21. The molecule has 0 bridgehead atoms. The molecule has 2 N–H and O–H groups in total. The van der Waals surface area contributed by atoms with E-state index < -0.39 is 0 Å². The third kappa shape index (κ3) is 6.41. The normalized spacial score (nSPS) is 18.7. The molecule has 1 aliphatic heterocycles. The van der Waals surface area contributed by atoms with Crippen molar-refractivity contribution in [3.05, 3.63) is 34.6 Å². The van der Waals surface area contributed by atoms with Gasteiger partial charge in [0.2, 0.25) is 0 Å². The molecule has 1 rings (SSSR count). The molecule has 0 amide bonds. The average Bonchev–Trinajstić information content (AvgIpc) is 2.53. The fraction of sp³-hybridized carbons (Fsp3) is 0.562. The average molecular weight is 306 g/mol. The minimum absolute atomic E-state index is 0.572. The molecule has 0 aromatic rings. The first-order valence-electron chi connectivity index (χ1n) is 7.57. The molecule has 0 aromatic heterocycles. The summed E-state index contributed by atoms with van der Waals surface area (Å²) in [6.45, 7) is 10.8. The molecule has 1 heterocycles. The number of ether oxygens (including phenoxy) is 1. The van der Waals surface area contributed by atoms with Gasteiger partial charge >= 0.3 is 0 Å². The Balaban J connectivity index is 2.53. The van der Waals surface area contributed by atoms with Gasteiger partial charge in [0.05, 0.1) is 17.4 Å². The van der Waals surface area contributed by atoms with Crippen LogP contribution in [-0.2, 0) is 9.68 Å². The first-order chi connectivity index (χ1) is 10.6. The minimum Gasteiger partial charge on any atom is -0.497 e. The van der Waals surface area contributed by atoms with Gasteiger partial charge in [-0.3, -0.25) is 0 Å². The lowest BCUT2D eigenvalue weighted by atomic mass is 10.0. The van der Waals surface area contributed by atoms with E-state index in [1.807, 2.05) is 44.9 Å². The van der Waals surface area contributed by atoms with Crippen LogP contribution >= 0.6 is 0 Å². The largest absolute Gasteiger partial charge is 0.497 e. The van der Waals surface area contributed by atoms with Crippen molar-refractivity contribution in [3.63, 3.8) is 0 Å². The van der Waals surface area contributed by atoms with E-state index in [0.717, 1.165) is 48.5 Å². The van der Waals surface area contributed by atoms with Gasteiger partial charge in [-0.15, -0.1) is 5.59 Å². The number of hydrazine groups is 1. The monoisotopic (exact) mass is 306 g/mol. The summed E-state index contributed by atoms with van der Waals surface area (Å²) in [5.74, 6) is 0.865. The van der Waals surface area contributed by atoms with E-state index in [0.29, 0.717) is 6.61 Å². The molecule has 22 heavy (non-hydrogen) atoms. The van der Waals surface area contributed by atoms with E-state index in [1.54, 1.807) is 0 Å². The zero-order chi connectivity index (χ0) is 16.4. The fourth-order valence-electron chi connectivity index (χ4n) is 1.96. The second-order valence-corrected chi connectivity index (χ2v) is 5.13. The highest BCUT2D eigenvalue weighted by Gasteiger charge is 2.09. The molecule has 0 aromatic carbocycles. The van der Waals surface area contributed by atoms with Crippen molar-refractivity contribution >= 4 is 0 Å². The molecule has 0 saturated carbocycles. The van der Waals surface area contributed by atoms with Crippen LogP contribution in [0, 0.1) is 11.3 Å². The molecule has 122 valence electrons. The minimum atomic E-state index is 0.572. The second-order valence-electron chi connectivity index (χ2n) is 5.13. The van der Waals surface area contributed by atoms with Gasteiger partial charge in [0.1, 0.15) is 6.61 Å². The molecule has 1 aliphatic rings. The number of allylic oxidation sites excluding steroid dienone is 6. The molecule has 0 aliphatic carbocycles. The zero-order valence-electron chi connectivity index (χ0n) is 13.9. The van der Waals surface area contributed by atoms with E-state index >= 15 is 0 Å². The van der Waals surface area contributed by atoms with Crippen LogP contribution in [0.2, 0.25) is 0 Å². The second kappa shape index (κ2) is 10.1. The zero-order valence-corrected chi connectivity index (χ0v) is 13.9. The van der Waals surface area contributed by atoms with Gasteiger partial charge in [0.15, 0.2) is 0 Å². The Labute approximate surface area is 132 Å². The lowest BCUT2D eigenvalue weighted by Crippen LogP contribution is -2.51. The van der Waals surface area contributed by atoms with Crippen LogP contribution in [0.3, 0.4) is 0 Å². The Kier molecular flexibility index (Phi) is 8.48. The number of nitriles is 1. The van der Waals surface area contributed by atoms with Gasteiger partial charge in [-0.1, -0.05) is 19.1 Å². The Hall–Kier alpha value is -1.65. The van der Waals surface area contributed by atoms with E-state index in [1.165, 1.54) is 0 Å². The lowest BCUT2D eigenvalue weighted by Gasteiger charge is -2.26. The van der Waals surface area contributed by atoms with E-state index in [4.69, 9.17) is 14.9 Å². The summed E-state index contributed by atoms with van der Waals surface area (Å²) in [7, 11) is 0. The van der Waals surface area contributed by atoms with Gasteiger partial charge in [-0.25, -0.2) is 5.01 Å². The highest BCUT2D eigenvalue weighted by Crippen LogP contribution is 2.15. The van der Waals surface area contributed by atoms with Gasteiger partial charge in [-0.2, -0.15) is 15.7 Å². The molecule has 0 atom stereocenters. The van der Waals surface area contributed by atoms with Crippen LogP contribution in [0.15, 0.2) is 34.6 Å². The number of nitrogens with zero attached hydrogens (tertiary/aromatic N) is 2. The van der Waals surface area contributed by atoms with Crippen LogP contribution < -0.4 is 11.1 Å². The summed E-state index contributed by atoms with van der Waals surface area (Å²) >= 11 is 0. The Morgan fingerprint density at radius 3 is 2.77 bits per heavy atom. The third-order valence-electron chi connectivity index (χ3n) is 3.35. The Bertz CT molecular complexity index is 483. The summed E-state index contributed by atoms with van der Waals surface area (Å²) in [4.78, 5) is 4.91. The van der Waals surface area contributed by atoms with Gasteiger partial charge in [-0.05, 0) is 38.3 Å². The maximum absolute atomic E-state index is 9.13. The molecule has 1 fully saturated rings. The Morgan fingerprint density at radius 2 is 2.18 bits per heavy atom. The van der Waals surface area contributed by atoms with Crippen molar-refractivity contribution in [1.29, 1.82) is 5.26 Å². The number of nitrogens with one attached hydrogen (secondary N) is 2. The van der Waals surface area contributed by atoms with Crippen molar-refractivity contribution in [3.8, 4) is 6.07 Å². The highest BCUT2D eigenvalue weighted by atomic mass is 16.8. The highest BCUT2D eigenvalue weighted by molar-refractivity contribution is 5.43. The SMILES string of the molecule is CC/C=C(C#N)/C(C)=C\C(C)=C(/C)OCCN1CCNON1. The number of hydrogen-bond acceptors (Lipinski definition) is 6. The van der Waals surface area contributed by atoms with Crippen molar-refractivity contribution in [1.82, 2.24) is 16.1 Å². The molecular formula is C16H26N4O2. The van der Waals surface area contributed by atoms with Crippen LogP contribution in [-0.4, -0.2) is 31.3 Å². The Morgan fingerprint density at radius 1 is 1.41 bits per heavy atom. The molecule has 1 saturated heterocycles. The summed E-state index contributed by atoms with van der Waals surface area (Å²) in [6, 6.07) is 2.23. The van der Waals surface area contributed by atoms with Crippen molar-refractivity contribution in [2.45, 2.75) is 34.1 Å². The van der Waals surface area contributed by atoms with Crippen LogP contribution in [0.25, 0.3) is 0 Å². The number of hydrogen-bond donors (Lipinski definition) is 2. The molecule has 0 unspecified atom stereocenters. The topological polar surface area (TPSA) is 69.5 Å². The van der Waals surface area contributed by atoms with Crippen molar-refractivity contribution in [2.24, 2.45) is 0 Å². The molecule has 0 spiro atoms. The van der Waals surface area contributed by atoms with Gasteiger partial charge < -0.3 is 4.74 Å². The molecule has 6 heteroatoms. The maximum Gasteiger partial charge on any atom is 0.102 e. The predicted octanol–water partition coefficient (Wildman–Crippen LogP) is 2.36. The standard InChI is InChI=1S/C16H26N4O2/c1-5-6-16(12-17)14(3)11-13(2)15(4)21-10-9-20-8-7-18-22-19-20/h6,11,18-19H,5,7-10H2,1-4H3/b14-11-,15-13+,16-6+. The van der Waals surface area contributed by atoms with Crippen molar-refractivity contribution in [2.75, 3.05) is 26.2 Å². The van der Waals surface area contributed by atoms with E-state index in [-0.39, 0.29) is 0 Å². The summed E-state index contributed by atoms with van der Waals surface area (Å²) < 4.78 is 5.76. The first kappa shape index (κ1) is 18.4. The molecule has 6 nitrogen and oxygen atoms in total. The summed E-state index contributed by atoms with van der Waals surface area (Å²) in [6.07, 6.45) is 4.78. The third-order valence-corrected chi connectivity index (χ3v) is 3.35.